The highest BCUT2D eigenvalue weighted by Gasteiger charge is 2.08. The van der Waals surface area contributed by atoms with E-state index in [1.165, 1.54) is 5.70 Å². The Bertz CT molecular complexity index is 119. The molecule has 3 heteroatoms. The first-order chi connectivity index (χ1) is 4.33. The first-order valence-corrected chi connectivity index (χ1v) is 3.17. The first-order valence-electron chi connectivity index (χ1n) is 3.17. The monoisotopic (exact) mass is 127 g/mol. The third-order valence-corrected chi connectivity index (χ3v) is 1.33. The molecule has 1 heterocycles. The summed E-state index contributed by atoms with van der Waals surface area (Å²) < 4.78 is 0. The summed E-state index contributed by atoms with van der Waals surface area (Å²) in [4.78, 5) is 0. The fourth-order valence-electron chi connectivity index (χ4n) is 0.922. The maximum atomic E-state index is 3.10. The molecule has 1 unspecified atom stereocenters. The maximum absolute atomic E-state index is 3.10. The minimum absolute atomic E-state index is 0.454. The van der Waals surface area contributed by atoms with Crippen molar-refractivity contribution in [3.8, 4) is 0 Å². The zero-order chi connectivity index (χ0) is 6.69. The first kappa shape index (κ1) is 6.58. The molecule has 0 amide bonds. The van der Waals surface area contributed by atoms with Gasteiger partial charge in [0, 0.05) is 12.2 Å². The molecule has 52 valence electrons. The van der Waals surface area contributed by atoms with Crippen LogP contribution in [0.3, 0.4) is 0 Å². The van der Waals surface area contributed by atoms with E-state index in [9.17, 15) is 0 Å². The summed E-state index contributed by atoms with van der Waals surface area (Å²) in [6, 6.07) is 0.454. The molecule has 0 aromatic carbocycles. The molecule has 0 fully saturated rings. The van der Waals surface area contributed by atoms with Crippen LogP contribution >= 0.6 is 0 Å². The smallest absolute Gasteiger partial charge is 0.0584 e. The second kappa shape index (κ2) is 2.85. The number of hydrazine groups is 1. The topological polar surface area (TPSA) is 36.1 Å². The van der Waals surface area contributed by atoms with Gasteiger partial charge in [0.15, 0.2) is 0 Å². The Labute approximate surface area is 55.5 Å². The molecule has 0 spiro atoms. The van der Waals surface area contributed by atoms with E-state index in [-0.39, 0.29) is 0 Å². The van der Waals surface area contributed by atoms with Crippen molar-refractivity contribution in [1.82, 2.24) is 16.2 Å². The molecular formula is C6H13N3. The summed E-state index contributed by atoms with van der Waals surface area (Å²) in [6.07, 6.45) is 2.16. The quantitative estimate of drug-likeness (QED) is 0.472. The Balaban J connectivity index is 2.29. The zero-order valence-electron chi connectivity index (χ0n) is 5.86. The lowest BCUT2D eigenvalue weighted by molar-refractivity contribution is 0.551. The van der Waals surface area contributed by atoms with Crippen LogP contribution in [-0.2, 0) is 0 Å². The number of allylic oxidation sites excluding steroid dienone is 1. The Hall–Kier alpha value is -0.540. The van der Waals surface area contributed by atoms with Crippen molar-refractivity contribution < 1.29 is 0 Å². The van der Waals surface area contributed by atoms with Crippen LogP contribution in [0.25, 0.3) is 0 Å². The summed E-state index contributed by atoms with van der Waals surface area (Å²) >= 11 is 0. The van der Waals surface area contributed by atoms with E-state index in [1.807, 2.05) is 14.0 Å². The Morgan fingerprint density at radius 3 is 3.00 bits per heavy atom. The van der Waals surface area contributed by atoms with Crippen LogP contribution < -0.4 is 16.2 Å². The van der Waals surface area contributed by atoms with Gasteiger partial charge in [0.05, 0.1) is 6.04 Å². The third-order valence-electron chi connectivity index (χ3n) is 1.33. The lowest BCUT2D eigenvalue weighted by Crippen LogP contribution is -2.37. The van der Waals surface area contributed by atoms with Gasteiger partial charge in [-0.05, 0) is 20.0 Å². The van der Waals surface area contributed by atoms with Crippen LogP contribution in [0.5, 0.6) is 0 Å². The van der Waals surface area contributed by atoms with E-state index >= 15 is 0 Å². The molecule has 0 aromatic heterocycles. The van der Waals surface area contributed by atoms with Gasteiger partial charge in [0.25, 0.3) is 0 Å². The van der Waals surface area contributed by atoms with Crippen molar-refractivity contribution in [2.75, 3.05) is 13.6 Å². The van der Waals surface area contributed by atoms with Gasteiger partial charge in [-0.15, -0.1) is 0 Å². The van der Waals surface area contributed by atoms with Crippen molar-refractivity contribution in [3.63, 3.8) is 0 Å². The highest BCUT2D eigenvalue weighted by Crippen LogP contribution is 1.96. The molecule has 1 aliphatic heterocycles. The fraction of sp³-hybridized carbons (Fsp3) is 0.667. The number of hydrogen-bond donors (Lipinski definition) is 3. The third kappa shape index (κ3) is 1.69. The second-order valence-electron chi connectivity index (χ2n) is 2.28. The standard InChI is InChI=1S/C6H13N3/c1-5-3-6(4-7-2)9-8-5/h3,6-9H,4H2,1-2H3. The summed E-state index contributed by atoms with van der Waals surface area (Å²) in [5, 5.41) is 3.08. The van der Waals surface area contributed by atoms with E-state index in [4.69, 9.17) is 0 Å². The van der Waals surface area contributed by atoms with E-state index < -0.39 is 0 Å². The summed E-state index contributed by atoms with van der Waals surface area (Å²) in [6.45, 7) is 3.02. The van der Waals surface area contributed by atoms with Gasteiger partial charge >= 0.3 is 0 Å². The highest BCUT2D eigenvalue weighted by molar-refractivity contribution is 5.07. The van der Waals surface area contributed by atoms with E-state index in [1.54, 1.807) is 0 Å². The molecule has 1 atom stereocenters. The van der Waals surface area contributed by atoms with Gasteiger partial charge in [0.1, 0.15) is 0 Å². The van der Waals surface area contributed by atoms with Crippen LogP contribution in [0.4, 0.5) is 0 Å². The average Bonchev–Trinajstić information content (AvgIpc) is 2.17. The average molecular weight is 127 g/mol. The summed E-state index contributed by atoms with van der Waals surface area (Å²) in [7, 11) is 1.95. The van der Waals surface area contributed by atoms with E-state index in [2.05, 4.69) is 22.2 Å². The molecule has 1 aliphatic rings. The number of likely N-dealkylation sites (N-methyl/N-ethyl adjacent to an activating group) is 1. The zero-order valence-corrected chi connectivity index (χ0v) is 5.86. The fourth-order valence-corrected chi connectivity index (χ4v) is 0.922. The number of rotatable bonds is 2. The molecule has 0 radical (unpaired) electrons. The van der Waals surface area contributed by atoms with Crippen molar-refractivity contribution >= 4 is 0 Å². The predicted molar refractivity (Wildman–Crippen MR) is 37.7 cm³/mol. The molecule has 0 saturated carbocycles. The minimum Gasteiger partial charge on any atom is -0.326 e. The predicted octanol–water partition coefficient (Wildman–Crippen LogP) is -0.414. The molecule has 0 aromatic rings. The van der Waals surface area contributed by atoms with Crippen LogP contribution in [0.15, 0.2) is 11.8 Å². The maximum Gasteiger partial charge on any atom is 0.0584 e. The second-order valence-corrected chi connectivity index (χ2v) is 2.28. The Morgan fingerprint density at radius 2 is 2.56 bits per heavy atom. The normalized spacial score (nSPS) is 25.6. The van der Waals surface area contributed by atoms with Crippen molar-refractivity contribution in [2.24, 2.45) is 0 Å². The van der Waals surface area contributed by atoms with Gasteiger partial charge < -0.3 is 10.7 Å². The van der Waals surface area contributed by atoms with E-state index in [0.29, 0.717) is 6.04 Å². The Morgan fingerprint density at radius 1 is 1.78 bits per heavy atom. The molecule has 0 saturated heterocycles. The van der Waals surface area contributed by atoms with Gasteiger partial charge in [-0.25, -0.2) is 5.43 Å². The van der Waals surface area contributed by atoms with Crippen LogP contribution in [0.2, 0.25) is 0 Å². The van der Waals surface area contributed by atoms with Crippen molar-refractivity contribution in [1.29, 1.82) is 0 Å². The van der Waals surface area contributed by atoms with Gasteiger partial charge in [0.2, 0.25) is 0 Å². The number of hydrogen-bond acceptors (Lipinski definition) is 3. The largest absolute Gasteiger partial charge is 0.326 e. The molecule has 0 aliphatic carbocycles. The molecule has 1 rings (SSSR count). The van der Waals surface area contributed by atoms with Gasteiger partial charge in [-0.2, -0.15) is 0 Å². The van der Waals surface area contributed by atoms with E-state index in [0.717, 1.165) is 6.54 Å². The lowest BCUT2D eigenvalue weighted by atomic mass is 10.3. The van der Waals surface area contributed by atoms with Crippen LogP contribution in [0, 0.1) is 0 Å². The summed E-state index contributed by atoms with van der Waals surface area (Å²) in [5.41, 5.74) is 7.33. The van der Waals surface area contributed by atoms with Gasteiger partial charge in [-0.1, -0.05) is 0 Å². The van der Waals surface area contributed by atoms with Crippen molar-refractivity contribution in [2.45, 2.75) is 13.0 Å². The summed E-state index contributed by atoms with van der Waals surface area (Å²) in [5.74, 6) is 0. The molecular weight excluding hydrogens is 114 g/mol. The highest BCUT2D eigenvalue weighted by atomic mass is 15.4. The van der Waals surface area contributed by atoms with Crippen molar-refractivity contribution in [3.05, 3.63) is 11.8 Å². The van der Waals surface area contributed by atoms with Crippen LogP contribution in [-0.4, -0.2) is 19.6 Å². The number of nitrogens with one attached hydrogen (secondary N) is 3. The molecule has 3 nitrogen and oxygen atoms in total. The SMILES string of the molecule is CNCC1C=C(C)NN1. The minimum atomic E-state index is 0.454. The Kier molecular flexibility index (Phi) is 2.08. The van der Waals surface area contributed by atoms with Gasteiger partial charge in [-0.3, -0.25) is 0 Å². The molecule has 3 N–H and O–H groups in total. The lowest BCUT2D eigenvalue weighted by Gasteiger charge is -2.05. The molecule has 9 heavy (non-hydrogen) atoms. The van der Waals surface area contributed by atoms with Crippen LogP contribution in [0.1, 0.15) is 6.92 Å². The molecule has 0 bridgehead atoms.